The van der Waals surface area contributed by atoms with E-state index in [1.807, 2.05) is 0 Å². The van der Waals surface area contributed by atoms with Gasteiger partial charge in [-0.15, -0.1) is 0 Å². The molecule has 1 unspecified atom stereocenters. The van der Waals surface area contributed by atoms with Crippen molar-refractivity contribution in [1.82, 2.24) is 15.6 Å². The third-order valence-electron chi connectivity index (χ3n) is 2.37. The summed E-state index contributed by atoms with van der Waals surface area (Å²) in [6.07, 6.45) is 1.89. The molecule has 0 saturated carbocycles. The first-order valence-corrected chi connectivity index (χ1v) is 5.85. The van der Waals surface area contributed by atoms with E-state index in [0.29, 0.717) is 6.54 Å². The summed E-state index contributed by atoms with van der Waals surface area (Å²) in [6, 6.07) is 3.54. The minimum absolute atomic E-state index is 0.0511. The first kappa shape index (κ1) is 15.1. The zero-order valence-electron chi connectivity index (χ0n) is 10.4. The first-order chi connectivity index (χ1) is 9.13. The maximum Gasteiger partial charge on any atom is 0.249 e. The number of nitrogens with one attached hydrogen (secondary N) is 2. The van der Waals surface area contributed by atoms with Crippen LogP contribution >= 0.6 is 0 Å². The third-order valence-corrected chi connectivity index (χ3v) is 2.37. The van der Waals surface area contributed by atoms with Gasteiger partial charge in [0, 0.05) is 32.0 Å². The van der Waals surface area contributed by atoms with Crippen LogP contribution in [0.5, 0.6) is 0 Å². The van der Waals surface area contributed by atoms with E-state index in [0.717, 1.165) is 5.56 Å². The van der Waals surface area contributed by atoms with Gasteiger partial charge < -0.3 is 20.8 Å². The number of carbonyl (C=O) groups is 2. The van der Waals surface area contributed by atoms with Crippen LogP contribution in [0.3, 0.4) is 0 Å². The number of hydrogen-bond donors (Lipinski definition) is 4. The number of rotatable bonds is 7. The van der Waals surface area contributed by atoms with Crippen molar-refractivity contribution in [3.8, 4) is 0 Å². The summed E-state index contributed by atoms with van der Waals surface area (Å²) < 4.78 is 0. The van der Waals surface area contributed by atoms with Crippen LogP contribution in [0.2, 0.25) is 0 Å². The van der Waals surface area contributed by atoms with Crippen LogP contribution in [0.1, 0.15) is 12.0 Å². The summed E-state index contributed by atoms with van der Waals surface area (Å²) in [7, 11) is 0. The van der Waals surface area contributed by atoms with E-state index < -0.39 is 12.0 Å². The zero-order valence-corrected chi connectivity index (χ0v) is 10.4. The molecule has 19 heavy (non-hydrogen) atoms. The van der Waals surface area contributed by atoms with Crippen molar-refractivity contribution in [2.75, 3.05) is 13.2 Å². The highest BCUT2D eigenvalue weighted by atomic mass is 16.3. The molecule has 0 spiro atoms. The molecule has 0 saturated heterocycles. The van der Waals surface area contributed by atoms with Gasteiger partial charge in [-0.1, -0.05) is 0 Å². The van der Waals surface area contributed by atoms with E-state index in [-0.39, 0.29) is 25.5 Å². The highest BCUT2D eigenvalue weighted by molar-refractivity contribution is 5.86. The van der Waals surface area contributed by atoms with Crippen molar-refractivity contribution >= 4 is 11.8 Å². The molecule has 1 heterocycles. The van der Waals surface area contributed by atoms with Crippen molar-refractivity contribution in [2.45, 2.75) is 19.1 Å². The largest absolute Gasteiger partial charge is 0.396 e. The first-order valence-electron chi connectivity index (χ1n) is 5.85. The Labute approximate surface area is 110 Å². The van der Waals surface area contributed by atoms with Crippen molar-refractivity contribution in [3.63, 3.8) is 0 Å². The van der Waals surface area contributed by atoms with E-state index in [1.54, 1.807) is 24.5 Å². The highest BCUT2D eigenvalue weighted by Gasteiger charge is 2.14. The highest BCUT2D eigenvalue weighted by Crippen LogP contribution is 1.94. The quantitative estimate of drug-likeness (QED) is 0.483. The molecule has 0 bridgehead atoms. The van der Waals surface area contributed by atoms with E-state index >= 15 is 0 Å². The van der Waals surface area contributed by atoms with Gasteiger partial charge in [0.1, 0.15) is 6.10 Å². The average Bonchev–Trinajstić information content (AvgIpc) is 2.43. The van der Waals surface area contributed by atoms with Crippen molar-refractivity contribution in [3.05, 3.63) is 30.1 Å². The minimum Gasteiger partial charge on any atom is -0.396 e. The fourth-order valence-electron chi connectivity index (χ4n) is 1.30. The van der Waals surface area contributed by atoms with Gasteiger partial charge in [-0.25, -0.2) is 0 Å². The number of hydrogen-bond acceptors (Lipinski definition) is 5. The summed E-state index contributed by atoms with van der Waals surface area (Å²) >= 11 is 0. The SMILES string of the molecule is O=C(CNC(=O)C(O)CCO)NCc1ccncc1. The normalized spacial score (nSPS) is 11.7. The van der Waals surface area contributed by atoms with E-state index in [2.05, 4.69) is 15.6 Å². The summed E-state index contributed by atoms with van der Waals surface area (Å²) in [5, 5.41) is 22.7. The number of aliphatic hydroxyl groups excluding tert-OH is 2. The number of pyridine rings is 1. The lowest BCUT2D eigenvalue weighted by Crippen LogP contribution is -2.41. The molecule has 104 valence electrons. The molecule has 0 aromatic carbocycles. The second kappa shape index (κ2) is 8.17. The average molecular weight is 267 g/mol. The fraction of sp³-hybridized carbons (Fsp3) is 0.417. The van der Waals surface area contributed by atoms with Crippen LogP contribution in [0.15, 0.2) is 24.5 Å². The Morgan fingerprint density at radius 3 is 2.58 bits per heavy atom. The molecule has 2 amide bonds. The predicted molar refractivity (Wildman–Crippen MR) is 66.8 cm³/mol. The maximum absolute atomic E-state index is 11.4. The molecular formula is C12H17N3O4. The molecule has 0 fully saturated rings. The van der Waals surface area contributed by atoms with E-state index in [1.165, 1.54) is 0 Å². The lowest BCUT2D eigenvalue weighted by atomic mass is 10.2. The molecular weight excluding hydrogens is 250 g/mol. The molecule has 0 aliphatic rings. The molecule has 0 radical (unpaired) electrons. The molecule has 1 aromatic rings. The Hall–Kier alpha value is -1.99. The smallest absolute Gasteiger partial charge is 0.249 e. The number of aromatic nitrogens is 1. The molecule has 1 rings (SSSR count). The minimum atomic E-state index is -1.29. The van der Waals surface area contributed by atoms with Crippen LogP contribution in [-0.4, -0.2) is 46.3 Å². The monoisotopic (exact) mass is 267 g/mol. The summed E-state index contributed by atoms with van der Waals surface area (Å²) in [5.74, 6) is -1.03. The molecule has 0 aliphatic heterocycles. The fourth-order valence-corrected chi connectivity index (χ4v) is 1.30. The van der Waals surface area contributed by atoms with Crippen LogP contribution in [-0.2, 0) is 16.1 Å². The Balaban J connectivity index is 2.23. The molecule has 1 aromatic heterocycles. The maximum atomic E-state index is 11.4. The molecule has 1 atom stereocenters. The second-order valence-corrected chi connectivity index (χ2v) is 3.88. The summed E-state index contributed by atoms with van der Waals surface area (Å²) in [6.45, 7) is -0.161. The van der Waals surface area contributed by atoms with E-state index in [4.69, 9.17) is 5.11 Å². The van der Waals surface area contributed by atoms with Gasteiger partial charge in [0.25, 0.3) is 0 Å². The van der Waals surface area contributed by atoms with Gasteiger partial charge >= 0.3 is 0 Å². The lowest BCUT2D eigenvalue weighted by Gasteiger charge is -2.10. The predicted octanol–water partition coefficient (Wildman–Crippen LogP) is -1.44. The number of amides is 2. The van der Waals surface area contributed by atoms with Gasteiger partial charge in [-0.2, -0.15) is 0 Å². The summed E-state index contributed by atoms with van der Waals surface area (Å²) in [4.78, 5) is 26.5. The van der Waals surface area contributed by atoms with Gasteiger partial charge in [-0.3, -0.25) is 14.6 Å². The molecule has 7 heteroatoms. The van der Waals surface area contributed by atoms with Gasteiger partial charge in [0.15, 0.2) is 0 Å². The Bertz CT molecular complexity index is 411. The number of aliphatic hydroxyl groups is 2. The van der Waals surface area contributed by atoms with Crippen molar-refractivity contribution in [1.29, 1.82) is 0 Å². The van der Waals surface area contributed by atoms with Crippen LogP contribution in [0, 0.1) is 0 Å². The zero-order chi connectivity index (χ0) is 14.1. The Morgan fingerprint density at radius 1 is 1.26 bits per heavy atom. The third kappa shape index (κ3) is 5.94. The van der Waals surface area contributed by atoms with Crippen molar-refractivity contribution < 1.29 is 19.8 Å². The van der Waals surface area contributed by atoms with E-state index in [9.17, 15) is 14.7 Å². The number of carbonyl (C=O) groups excluding carboxylic acids is 2. The van der Waals surface area contributed by atoms with Crippen LogP contribution < -0.4 is 10.6 Å². The second-order valence-electron chi connectivity index (χ2n) is 3.88. The lowest BCUT2D eigenvalue weighted by molar-refractivity contribution is -0.132. The standard InChI is InChI=1S/C12H17N3O4/c16-6-3-10(17)12(19)15-8-11(18)14-7-9-1-4-13-5-2-9/h1-2,4-5,10,16-17H,3,6-8H2,(H,14,18)(H,15,19). The molecule has 7 nitrogen and oxygen atoms in total. The summed E-state index contributed by atoms with van der Waals surface area (Å²) in [5.41, 5.74) is 0.898. The van der Waals surface area contributed by atoms with Gasteiger partial charge in [0.2, 0.25) is 11.8 Å². The number of nitrogens with zero attached hydrogens (tertiary/aromatic N) is 1. The van der Waals surface area contributed by atoms with Crippen LogP contribution in [0.4, 0.5) is 0 Å². The molecule has 4 N–H and O–H groups in total. The Morgan fingerprint density at radius 2 is 1.95 bits per heavy atom. The van der Waals surface area contributed by atoms with Gasteiger partial charge in [0.05, 0.1) is 6.54 Å². The molecule has 0 aliphatic carbocycles. The Kier molecular flexibility index (Phi) is 6.48. The van der Waals surface area contributed by atoms with Crippen LogP contribution in [0.25, 0.3) is 0 Å². The topological polar surface area (TPSA) is 112 Å². The van der Waals surface area contributed by atoms with Crippen molar-refractivity contribution in [2.24, 2.45) is 0 Å². The van der Waals surface area contributed by atoms with Gasteiger partial charge in [-0.05, 0) is 17.7 Å².